The minimum absolute atomic E-state index is 0.193. The summed E-state index contributed by atoms with van der Waals surface area (Å²) in [6.07, 6.45) is 0. The van der Waals surface area contributed by atoms with E-state index in [-0.39, 0.29) is 5.95 Å². The summed E-state index contributed by atoms with van der Waals surface area (Å²) in [5, 5.41) is 5.29. The van der Waals surface area contributed by atoms with Crippen LogP contribution in [-0.4, -0.2) is 24.9 Å². The number of benzene rings is 1. The van der Waals surface area contributed by atoms with Gasteiger partial charge < -0.3 is 11.1 Å². The Kier molecular flexibility index (Phi) is 5.33. The molecule has 0 radical (unpaired) electrons. The number of nitrogens with two attached hydrogens (primary N) is 1. The molecule has 0 aliphatic heterocycles. The van der Waals surface area contributed by atoms with Gasteiger partial charge in [-0.1, -0.05) is 30.0 Å². The highest BCUT2D eigenvalue weighted by atomic mass is 32.2. The summed E-state index contributed by atoms with van der Waals surface area (Å²) in [4.78, 5) is 24.6. The Hall–Kier alpha value is -2.78. The minimum atomic E-state index is 0.193. The van der Waals surface area contributed by atoms with E-state index < -0.39 is 0 Å². The number of aryl methyl sites for hydroxylation is 4. The van der Waals surface area contributed by atoms with Crippen molar-refractivity contribution in [3.63, 3.8) is 0 Å². The Morgan fingerprint density at radius 3 is 2.59 bits per heavy atom. The van der Waals surface area contributed by atoms with E-state index in [1.165, 1.54) is 10.4 Å². The van der Waals surface area contributed by atoms with Crippen LogP contribution in [0.2, 0.25) is 0 Å². The molecule has 9 heteroatoms. The van der Waals surface area contributed by atoms with Crippen LogP contribution in [0.3, 0.4) is 0 Å². The predicted molar refractivity (Wildman–Crippen MR) is 120 cm³/mol. The van der Waals surface area contributed by atoms with Crippen LogP contribution >= 0.6 is 23.1 Å². The number of anilines is 3. The number of fused-ring (bicyclic) bond motifs is 1. The number of rotatable bonds is 5. The monoisotopic (exact) mass is 423 g/mol. The topological polar surface area (TPSA) is 102 Å². The first-order valence-corrected chi connectivity index (χ1v) is 10.9. The van der Waals surface area contributed by atoms with Gasteiger partial charge in [-0.3, -0.25) is 0 Å². The molecule has 29 heavy (non-hydrogen) atoms. The van der Waals surface area contributed by atoms with Crippen molar-refractivity contribution in [3.05, 3.63) is 51.9 Å². The maximum atomic E-state index is 5.93. The fourth-order valence-corrected chi connectivity index (χ4v) is 5.07. The lowest BCUT2D eigenvalue weighted by atomic mass is 10.2. The molecule has 148 valence electrons. The van der Waals surface area contributed by atoms with Gasteiger partial charge in [-0.15, -0.1) is 11.3 Å². The van der Waals surface area contributed by atoms with Crippen LogP contribution in [0.25, 0.3) is 10.2 Å². The van der Waals surface area contributed by atoms with Crippen molar-refractivity contribution >= 4 is 50.9 Å². The van der Waals surface area contributed by atoms with E-state index in [2.05, 4.69) is 44.1 Å². The number of thiophene rings is 1. The number of nitrogen functional groups attached to an aromatic ring is 1. The number of para-hydroxylation sites is 1. The second-order valence-electron chi connectivity index (χ2n) is 6.70. The van der Waals surface area contributed by atoms with Gasteiger partial charge in [0.2, 0.25) is 11.9 Å². The maximum Gasteiger partial charge on any atom is 0.232 e. The summed E-state index contributed by atoms with van der Waals surface area (Å²) in [6, 6.07) is 7.96. The fourth-order valence-electron chi connectivity index (χ4n) is 2.94. The lowest BCUT2D eigenvalue weighted by molar-refractivity contribution is 0.974. The first-order chi connectivity index (χ1) is 13.9. The van der Waals surface area contributed by atoms with Crippen LogP contribution in [0.15, 0.2) is 29.3 Å². The molecule has 0 amide bonds. The number of aromatic nitrogens is 5. The molecule has 0 spiro atoms. The summed E-state index contributed by atoms with van der Waals surface area (Å²) in [5.41, 5.74) is 9.19. The second-order valence-corrected chi connectivity index (χ2v) is 8.87. The van der Waals surface area contributed by atoms with Crippen molar-refractivity contribution in [3.8, 4) is 0 Å². The van der Waals surface area contributed by atoms with Crippen molar-refractivity contribution in [2.45, 2.75) is 38.5 Å². The number of nitrogens with one attached hydrogen (secondary N) is 1. The summed E-state index contributed by atoms with van der Waals surface area (Å²) < 4.78 is 0. The van der Waals surface area contributed by atoms with Gasteiger partial charge in [-0.05, 0) is 44.9 Å². The smallest absolute Gasteiger partial charge is 0.232 e. The zero-order valence-corrected chi connectivity index (χ0v) is 18.3. The van der Waals surface area contributed by atoms with Crippen LogP contribution < -0.4 is 11.1 Å². The Bertz CT molecular complexity index is 1200. The highest BCUT2D eigenvalue weighted by Crippen LogP contribution is 2.36. The van der Waals surface area contributed by atoms with Gasteiger partial charge in [-0.2, -0.15) is 15.0 Å². The summed E-state index contributed by atoms with van der Waals surface area (Å²) in [6.45, 7) is 8.17. The van der Waals surface area contributed by atoms with Gasteiger partial charge in [0.15, 0.2) is 0 Å². The first-order valence-electron chi connectivity index (χ1n) is 9.11. The average molecular weight is 424 g/mol. The van der Waals surface area contributed by atoms with Gasteiger partial charge in [0, 0.05) is 16.0 Å². The molecule has 3 aromatic heterocycles. The van der Waals surface area contributed by atoms with E-state index in [1.54, 1.807) is 23.1 Å². The number of thioether (sulfide) groups is 1. The van der Waals surface area contributed by atoms with Crippen LogP contribution in [-0.2, 0) is 5.75 Å². The molecule has 0 aliphatic rings. The van der Waals surface area contributed by atoms with E-state index in [0.29, 0.717) is 17.5 Å². The molecule has 0 fully saturated rings. The number of hydrogen-bond acceptors (Lipinski definition) is 9. The minimum Gasteiger partial charge on any atom is -0.368 e. The van der Waals surface area contributed by atoms with Gasteiger partial charge in [-0.25, -0.2) is 9.97 Å². The van der Waals surface area contributed by atoms with Gasteiger partial charge in [0.05, 0.1) is 5.75 Å². The molecule has 0 bridgehead atoms. The van der Waals surface area contributed by atoms with E-state index in [1.807, 2.05) is 38.1 Å². The normalized spacial score (nSPS) is 11.2. The van der Waals surface area contributed by atoms with Gasteiger partial charge >= 0.3 is 0 Å². The van der Waals surface area contributed by atoms with Crippen LogP contribution in [0.1, 0.15) is 27.7 Å². The van der Waals surface area contributed by atoms with Crippen molar-refractivity contribution in [1.82, 2.24) is 24.9 Å². The molecule has 0 aliphatic carbocycles. The van der Waals surface area contributed by atoms with Crippen molar-refractivity contribution < 1.29 is 0 Å². The second kappa shape index (κ2) is 7.92. The number of hydrogen-bond donors (Lipinski definition) is 2. The zero-order valence-electron chi connectivity index (χ0n) is 16.6. The van der Waals surface area contributed by atoms with Crippen molar-refractivity contribution in [2.24, 2.45) is 0 Å². The molecule has 0 atom stereocenters. The van der Waals surface area contributed by atoms with Gasteiger partial charge in [0.1, 0.15) is 21.5 Å². The highest BCUT2D eigenvalue weighted by molar-refractivity contribution is 7.98. The Labute approximate surface area is 177 Å². The standard InChI is InChI=1S/C20H21N7S2/c1-10-7-5-6-8-14(10)24-20-26-15(25-19(21)27-20)9-28-17-16-11(2)12(3)29-18(16)23-13(4)22-17/h5-8H,9H2,1-4H3,(H3,21,24,25,26,27). The van der Waals surface area contributed by atoms with E-state index in [4.69, 9.17) is 5.73 Å². The molecule has 4 aromatic rings. The van der Waals surface area contributed by atoms with Gasteiger partial charge in [0.25, 0.3) is 0 Å². The lowest BCUT2D eigenvalue weighted by Gasteiger charge is -2.09. The third-order valence-corrected chi connectivity index (χ3v) is 6.61. The molecule has 0 unspecified atom stereocenters. The molecular weight excluding hydrogens is 402 g/mol. The zero-order chi connectivity index (χ0) is 20.5. The van der Waals surface area contributed by atoms with E-state index >= 15 is 0 Å². The summed E-state index contributed by atoms with van der Waals surface area (Å²) >= 11 is 3.29. The molecule has 7 nitrogen and oxygen atoms in total. The molecule has 0 saturated heterocycles. The summed E-state index contributed by atoms with van der Waals surface area (Å²) in [5.74, 6) is 2.54. The third-order valence-electron chi connectivity index (χ3n) is 4.54. The number of nitrogens with zero attached hydrogens (tertiary/aromatic N) is 5. The van der Waals surface area contributed by atoms with Crippen molar-refractivity contribution in [2.75, 3.05) is 11.1 Å². The third kappa shape index (κ3) is 4.15. The maximum absolute atomic E-state index is 5.93. The molecule has 0 saturated carbocycles. The molecule has 1 aromatic carbocycles. The summed E-state index contributed by atoms with van der Waals surface area (Å²) in [7, 11) is 0. The lowest BCUT2D eigenvalue weighted by Crippen LogP contribution is -2.07. The molecule has 3 heterocycles. The van der Waals surface area contributed by atoms with Crippen LogP contribution in [0.5, 0.6) is 0 Å². The molecule has 4 rings (SSSR count). The van der Waals surface area contributed by atoms with Crippen LogP contribution in [0.4, 0.5) is 17.6 Å². The highest BCUT2D eigenvalue weighted by Gasteiger charge is 2.15. The largest absolute Gasteiger partial charge is 0.368 e. The Balaban J connectivity index is 1.60. The van der Waals surface area contributed by atoms with E-state index in [9.17, 15) is 0 Å². The predicted octanol–water partition coefficient (Wildman–Crippen LogP) is 4.73. The van der Waals surface area contributed by atoms with E-state index in [0.717, 1.165) is 32.3 Å². The Morgan fingerprint density at radius 2 is 1.79 bits per heavy atom. The fraction of sp³-hybridized carbons (Fsp3) is 0.250. The molecule has 3 N–H and O–H groups in total. The van der Waals surface area contributed by atoms with Crippen LogP contribution in [0, 0.1) is 27.7 Å². The molecular formula is C20H21N7S2. The quantitative estimate of drug-likeness (QED) is 0.351. The average Bonchev–Trinajstić information content (AvgIpc) is 2.95. The van der Waals surface area contributed by atoms with Crippen molar-refractivity contribution in [1.29, 1.82) is 0 Å². The Morgan fingerprint density at radius 1 is 1.00 bits per heavy atom. The SMILES string of the molecule is Cc1nc(SCc2nc(N)nc(Nc3ccccc3C)n2)c2c(C)c(C)sc2n1. The first kappa shape index (κ1) is 19.5.